The fraction of sp³-hybridized carbons (Fsp3) is 0.154. The van der Waals surface area contributed by atoms with E-state index in [-0.39, 0.29) is 5.91 Å². The van der Waals surface area contributed by atoms with Crippen LogP contribution in [0, 0.1) is 0 Å². The number of hydrogen-bond acceptors (Lipinski definition) is 6. The SMILES string of the molecule is COc1ccc(-c2cc(OC)c3cc(NC(=O)c4cc(OC)cc(OC)c4)ccc3n2)cc1. The molecule has 4 rings (SSSR count). The first-order valence-electron chi connectivity index (χ1n) is 10.2. The first-order chi connectivity index (χ1) is 16.0. The number of carbonyl (C=O) groups is 1. The Morgan fingerprint density at radius 3 is 2.00 bits per heavy atom. The lowest BCUT2D eigenvalue weighted by molar-refractivity contribution is 0.102. The summed E-state index contributed by atoms with van der Waals surface area (Å²) in [5, 5.41) is 3.70. The highest BCUT2D eigenvalue weighted by molar-refractivity contribution is 6.06. The van der Waals surface area contributed by atoms with Gasteiger partial charge < -0.3 is 24.3 Å². The zero-order valence-corrected chi connectivity index (χ0v) is 18.8. The maximum atomic E-state index is 12.9. The molecule has 0 aliphatic heterocycles. The van der Waals surface area contributed by atoms with Crippen LogP contribution in [0.25, 0.3) is 22.2 Å². The summed E-state index contributed by atoms with van der Waals surface area (Å²) >= 11 is 0. The van der Waals surface area contributed by atoms with Gasteiger partial charge in [-0.2, -0.15) is 0 Å². The van der Waals surface area contributed by atoms with Crippen molar-refractivity contribution in [2.24, 2.45) is 0 Å². The van der Waals surface area contributed by atoms with Crippen molar-refractivity contribution in [3.63, 3.8) is 0 Å². The Bertz CT molecular complexity index is 1280. The van der Waals surface area contributed by atoms with E-state index in [1.807, 2.05) is 48.5 Å². The predicted molar refractivity (Wildman–Crippen MR) is 128 cm³/mol. The second-order valence-corrected chi connectivity index (χ2v) is 7.23. The van der Waals surface area contributed by atoms with Crippen LogP contribution in [0.15, 0.2) is 66.7 Å². The van der Waals surface area contributed by atoms with E-state index in [1.165, 1.54) is 0 Å². The van der Waals surface area contributed by atoms with Crippen LogP contribution in [0.3, 0.4) is 0 Å². The van der Waals surface area contributed by atoms with Crippen molar-refractivity contribution in [2.75, 3.05) is 33.8 Å². The fourth-order valence-electron chi connectivity index (χ4n) is 3.49. The molecular formula is C26H24N2O5. The van der Waals surface area contributed by atoms with Gasteiger partial charge in [-0.25, -0.2) is 4.98 Å². The second-order valence-electron chi connectivity index (χ2n) is 7.23. The molecule has 7 heteroatoms. The molecule has 7 nitrogen and oxygen atoms in total. The highest BCUT2D eigenvalue weighted by atomic mass is 16.5. The summed E-state index contributed by atoms with van der Waals surface area (Å²) in [6.45, 7) is 0. The van der Waals surface area contributed by atoms with Crippen molar-refractivity contribution < 1.29 is 23.7 Å². The molecule has 0 unspecified atom stereocenters. The third kappa shape index (κ3) is 4.67. The molecule has 1 heterocycles. The average molecular weight is 444 g/mol. The number of amides is 1. The lowest BCUT2D eigenvalue weighted by Crippen LogP contribution is -2.12. The number of benzene rings is 3. The molecule has 0 radical (unpaired) electrons. The van der Waals surface area contributed by atoms with Gasteiger partial charge in [-0.05, 0) is 54.6 Å². The summed E-state index contributed by atoms with van der Waals surface area (Å²) < 4.78 is 21.4. The van der Waals surface area contributed by atoms with E-state index < -0.39 is 0 Å². The van der Waals surface area contributed by atoms with Crippen LogP contribution in [0.1, 0.15) is 10.4 Å². The molecule has 1 amide bonds. The topological polar surface area (TPSA) is 78.9 Å². The Kier molecular flexibility index (Phi) is 6.31. The lowest BCUT2D eigenvalue weighted by Gasteiger charge is -2.12. The molecule has 0 aliphatic carbocycles. The van der Waals surface area contributed by atoms with Crippen LogP contribution in [0.5, 0.6) is 23.0 Å². The average Bonchev–Trinajstić information content (AvgIpc) is 2.87. The summed E-state index contributed by atoms with van der Waals surface area (Å²) in [5.41, 5.74) is 3.52. The van der Waals surface area contributed by atoms with E-state index in [4.69, 9.17) is 23.9 Å². The number of pyridine rings is 1. The number of rotatable bonds is 7. The summed E-state index contributed by atoms with van der Waals surface area (Å²) in [7, 11) is 6.33. The van der Waals surface area contributed by atoms with Gasteiger partial charge in [0.2, 0.25) is 0 Å². The van der Waals surface area contributed by atoms with E-state index >= 15 is 0 Å². The van der Waals surface area contributed by atoms with Crippen LogP contribution < -0.4 is 24.3 Å². The number of nitrogens with zero attached hydrogens (tertiary/aromatic N) is 1. The van der Waals surface area contributed by atoms with E-state index in [0.29, 0.717) is 28.5 Å². The fourth-order valence-corrected chi connectivity index (χ4v) is 3.49. The zero-order chi connectivity index (χ0) is 23.4. The minimum absolute atomic E-state index is 0.284. The number of anilines is 1. The lowest BCUT2D eigenvalue weighted by atomic mass is 10.1. The molecule has 0 saturated heterocycles. The maximum Gasteiger partial charge on any atom is 0.255 e. The number of aromatic nitrogens is 1. The summed E-state index contributed by atoms with van der Waals surface area (Å²) in [4.78, 5) is 17.6. The Labute approximate surface area is 191 Å². The van der Waals surface area contributed by atoms with Crippen molar-refractivity contribution in [1.82, 2.24) is 4.98 Å². The maximum absolute atomic E-state index is 12.9. The van der Waals surface area contributed by atoms with Gasteiger partial charge in [0.15, 0.2) is 0 Å². The van der Waals surface area contributed by atoms with Gasteiger partial charge in [0.1, 0.15) is 23.0 Å². The number of fused-ring (bicyclic) bond motifs is 1. The molecule has 1 N–H and O–H groups in total. The van der Waals surface area contributed by atoms with Gasteiger partial charge in [-0.3, -0.25) is 4.79 Å². The van der Waals surface area contributed by atoms with Crippen molar-refractivity contribution in [1.29, 1.82) is 0 Å². The van der Waals surface area contributed by atoms with Gasteiger partial charge in [0, 0.05) is 34.3 Å². The van der Waals surface area contributed by atoms with E-state index in [2.05, 4.69) is 5.32 Å². The van der Waals surface area contributed by atoms with Crippen molar-refractivity contribution >= 4 is 22.5 Å². The highest BCUT2D eigenvalue weighted by Crippen LogP contribution is 2.32. The molecule has 168 valence electrons. The van der Waals surface area contributed by atoms with E-state index in [0.717, 1.165) is 27.9 Å². The highest BCUT2D eigenvalue weighted by Gasteiger charge is 2.13. The first kappa shape index (κ1) is 22.0. The normalized spacial score (nSPS) is 10.5. The number of hydrogen-bond donors (Lipinski definition) is 1. The molecular weight excluding hydrogens is 420 g/mol. The summed E-state index contributed by atoms with van der Waals surface area (Å²) in [5.74, 6) is 2.23. The summed E-state index contributed by atoms with van der Waals surface area (Å²) in [6.07, 6.45) is 0. The van der Waals surface area contributed by atoms with Crippen molar-refractivity contribution in [3.8, 4) is 34.3 Å². The molecule has 0 aliphatic rings. The van der Waals surface area contributed by atoms with Crippen LogP contribution >= 0.6 is 0 Å². The Balaban J connectivity index is 1.66. The predicted octanol–water partition coefficient (Wildman–Crippen LogP) is 5.19. The van der Waals surface area contributed by atoms with Gasteiger partial charge in [-0.1, -0.05) is 0 Å². The van der Waals surface area contributed by atoms with Crippen LogP contribution in [0.2, 0.25) is 0 Å². The monoisotopic (exact) mass is 444 g/mol. The number of ether oxygens (including phenoxy) is 4. The first-order valence-corrected chi connectivity index (χ1v) is 10.2. The summed E-state index contributed by atoms with van der Waals surface area (Å²) in [6, 6.07) is 20.1. The zero-order valence-electron chi connectivity index (χ0n) is 18.8. The largest absolute Gasteiger partial charge is 0.497 e. The molecule has 0 spiro atoms. The second kappa shape index (κ2) is 9.48. The number of methoxy groups -OCH3 is 4. The molecule has 33 heavy (non-hydrogen) atoms. The van der Waals surface area contributed by atoms with Gasteiger partial charge in [-0.15, -0.1) is 0 Å². The molecule has 0 fully saturated rings. The Hall–Kier alpha value is -4.26. The van der Waals surface area contributed by atoms with Crippen LogP contribution in [-0.2, 0) is 0 Å². The van der Waals surface area contributed by atoms with Crippen LogP contribution in [-0.4, -0.2) is 39.3 Å². The van der Waals surface area contributed by atoms with E-state index in [1.54, 1.807) is 46.6 Å². The molecule has 4 aromatic rings. The molecule has 1 aromatic heterocycles. The minimum Gasteiger partial charge on any atom is -0.497 e. The molecule has 3 aromatic carbocycles. The Morgan fingerprint density at radius 1 is 0.727 bits per heavy atom. The van der Waals surface area contributed by atoms with Crippen LogP contribution in [0.4, 0.5) is 5.69 Å². The quantitative estimate of drug-likeness (QED) is 0.423. The molecule has 0 saturated carbocycles. The third-order valence-electron chi connectivity index (χ3n) is 5.25. The number of carbonyl (C=O) groups excluding carboxylic acids is 1. The standard InChI is InChI=1S/C26H24N2O5/c1-30-19-8-5-16(6-9-19)24-15-25(33-4)22-13-18(7-10-23(22)28-24)27-26(29)17-11-20(31-2)14-21(12-17)32-3/h5-15H,1-4H3,(H,27,29). The number of nitrogens with one attached hydrogen (secondary N) is 1. The van der Waals surface area contributed by atoms with Gasteiger partial charge in [0.25, 0.3) is 5.91 Å². The van der Waals surface area contributed by atoms with E-state index in [9.17, 15) is 4.79 Å². The molecule has 0 atom stereocenters. The molecule has 0 bridgehead atoms. The Morgan fingerprint density at radius 2 is 1.39 bits per heavy atom. The van der Waals surface area contributed by atoms with Crippen molar-refractivity contribution in [2.45, 2.75) is 0 Å². The van der Waals surface area contributed by atoms with Gasteiger partial charge in [0.05, 0.1) is 39.6 Å². The van der Waals surface area contributed by atoms with Crippen molar-refractivity contribution in [3.05, 3.63) is 72.3 Å². The third-order valence-corrected chi connectivity index (χ3v) is 5.25. The minimum atomic E-state index is -0.284. The smallest absolute Gasteiger partial charge is 0.255 e. The van der Waals surface area contributed by atoms with Gasteiger partial charge >= 0.3 is 0 Å².